The molecule has 3 N–H and O–H groups in total. The van der Waals surface area contributed by atoms with Crippen molar-refractivity contribution < 1.29 is 4.92 Å². The molecule has 1 aromatic heterocycles. The highest BCUT2D eigenvalue weighted by atomic mass is 32.2. The van der Waals surface area contributed by atoms with Crippen molar-refractivity contribution in [2.45, 2.75) is 18.1 Å². The molecular formula is C10H14N4O2S. The van der Waals surface area contributed by atoms with E-state index < -0.39 is 4.92 Å². The molecule has 6 nitrogen and oxygen atoms in total. The van der Waals surface area contributed by atoms with Gasteiger partial charge in [-0.15, -0.1) is 0 Å². The van der Waals surface area contributed by atoms with E-state index in [-0.39, 0.29) is 17.3 Å². The first kappa shape index (κ1) is 12.0. The zero-order chi connectivity index (χ0) is 12.3. The Morgan fingerprint density at radius 3 is 3.12 bits per heavy atom. The highest BCUT2D eigenvalue weighted by molar-refractivity contribution is 8.00. The number of nitro groups is 1. The minimum absolute atomic E-state index is 0.0257. The van der Waals surface area contributed by atoms with Gasteiger partial charge in [0.2, 0.25) is 5.82 Å². The first-order valence-electron chi connectivity index (χ1n) is 5.43. The van der Waals surface area contributed by atoms with E-state index in [1.54, 1.807) is 0 Å². The summed E-state index contributed by atoms with van der Waals surface area (Å²) in [5.41, 5.74) is 5.51. The fourth-order valence-corrected chi connectivity index (χ4v) is 2.96. The zero-order valence-electron chi connectivity index (χ0n) is 9.26. The summed E-state index contributed by atoms with van der Waals surface area (Å²) < 4.78 is 0. The van der Waals surface area contributed by atoms with Crippen molar-refractivity contribution in [2.24, 2.45) is 0 Å². The number of pyridine rings is 1. The minimum atomic E-state index is -0.448. The lowest BCUT2D eigenvalue weighted by Gasteiger charge is -2.10. The molecule has 0 bridgehead atoms. The highest BCUT2D eigenvalue weighted by Gasteiger charge is 2.19. The van der Waals surface area contributed by atoms with Gasteiger partial charge >= 0.3 is 5.69 Å². The molecule has 2 rings (SSSR count). The Balaban J connectivity index is 2.07. The van der Waals surface area contributed by atoms with Gasteiger partial charge in [-0.05, 0) is 24.7 Å². The van der Waals surface area contributed by atoms with Gasteiger partial charge in [0.05, 0.1) is 4.92 Å². The second-order valence-electron chi connectivity index (χ2n) is 3.88. The fraction of sp³-hybridized carbons (Fsp3) is 0.500. The third kappa shape index (κ3) is 3.00. The molecule has 0 saturated carbocycles. The average molecular weight is 254 g/mol. The van der Waals surface area contributed by atoms with Crippen molar-refractivity contribution in [3.63, 3.8) is 0 Å². The third-order valence-corrected chi connectivity index (χ3v) is 4.01. The fourth-order valence-electron chi connectivity index (χ4n) is 1.76. The summed E-state index contributed by atoms with van der Waals surface area (Å²) in [4.78, 5) is 14.3. The van der Waals surface area contributed by atoms with E-state index >= 15 is 0 Å². The number of nitrogens with zero attached hydrogens (tertiary/aromatic N) is 2. The SMILES string of the molecule is Nc1ccc([N+](=O)[O-])c(NCC2CCCS2)n1. The Labute approximate surface area is 103 Å². The number of rotatable bonds is 4. The molecule has 0 aromatic carbocycles. The molecule has 1 saturated heterocycles. The van der Waals surface area contributed by atoms with Crippen LogP contribution in [0.15, 0.2) is 12.1 Å². The van der Waals surface area contributed by atoms with Gasteiger partial charge < -0.3 is 11.1 Å². The van der Waals surface area contributed by atoms with Crippen LogP contribution >= 0.6 is 11.8 Å². The molecule has 92 valence electrons. The molecule has 1 unspecified atom stereocenters. The Morgan fingerprint density at radius 1 is 1.65 bits per heavy atom. The molecule has 2 heterocycles. The zero-order valence-corrected chi connectivity index (χ0v) is 10.1. The van der Waals surface area contributed by atoms with Gasteiger partial charge in [-0.3, -0.25) is 10.1 Å². The van der Waals surface area contributed by atoms with Crippen LogP contribution in [0.2, 0.25) is 0 Å². The maximum absolute atomic E-state index is 10.8. The summed E-state index contributed by atoms with van der Waals surface area (Å²) in [6.45, 7) is 0.696. The Bertz CT molecular complexity index is 421. The van der Waals surface area contributed by atoms with Crippen molar-refractivity contribution in [1.29, 1.82) is 0 Å². The van der Waals surface area contributed by atoms with Crippen LogP contribution in [0.5, 0.6) is 0 Å². The molecule has 17 heavy (non-hydrogen) atoms. The molecule has 0 amide bonds. The summed E-state index contributed by atoms with van der Waals surface area (Å²) in [6.07, 6.45) is 2.36. The van der Waals surface area contributed by atoms with Crippen LogP contribution in [0, 0.1) is 10.1 Å². The molecule has 1 aliphatic heterocycles. The third-order valence-electron chi connectivity index (χ3n) is 2.61. The summed E-state index contributed by atoms with van der Waals surface area (Å²) in [7, 11) is 0. The van der Waals surface area contributed by atoms with Crippen molar-refractivity contribution in [1.82, 2.24) is 4.98 Å². The molecule has 1 fully saturated rings. The van der Waals surface area contributed by atoms with Gasteiger partial charge in [-0.2, -0.15) is 11.8 Å². The van der Waals surface area contributed by atoms with Gasteiger partial charge in [-0.1, -0.05) is 0 Å². The van der Waals surface area contributed by atoms with Crippen molar-refractivity contribution >= 4 is 29.1 Å². The maximum Gasteiger partial charge on any atom is 0.311 e. The van der Waals surface area contributed by atoms with Gasteiger partial charge in [0, 0.05) is 17.9 Å². The van der Waals surface area contributed by atoms with E-state index in [0.717, 1.165) is 6.42 Å². The summed E-state index contributed by atoms with van der Waals surface area (Å²) in [5, 5.41) is 14.3. The standard InChI is InChI=1S/C10H14N4O2S/c11-9-4-3-8(14(15)16)10(13-9)12-6-7-2-1-5-17-7/h3-4,7H,1-2,5-6H2,(H3,11,12,13). The predicted octanol–water partition coefficient (Wildman–Crippen LogP) is 1.88. The van der Waals surface area contributed by atoms with Crippen LogP contribution in [-0.2, 0) is 0 Å². The molecule has 1 aromatic rings. The van der Waals surface area contributed by atoms with Gasteiger partial charge in [-0.25, -0.2) is 4.98 Å². The normalized spacial score (nSPS) is 19.2. The van der Waals surface area contributed by atoms with Crippen molar-refractivity contribution in [3.05, 3.63) is 22.2 Å². The number of hydrogen-bond acceptors (Lipinski definition) is 6. The summed E-state index contributed by atoms with van der Waals surface area (Å²) in [5.74, 6) is 1.72. The van der Waals surface area contributed by atoms with Gasteiger partial charge in [0.25, 0.3) is 0 Å². The molecule has 7 heteroatoms. The molecular weight excluding hydrogens is 240 g/mol. The van der Waals surface area contributed by atoms with Crippen LogP contribution in [0.1, 0.15) is 12.8 Å². The average Bonchev–Trinajstić information content (AvgIpc) is 2.78. The lowest BCUT2D eigenvalue weighted by atomic mass is 10.2. The van der Waals surface area contributed by atoms with E-state index in [9.17, 15) is 10.1 Å². The van der Waals surface area contributed by atoms with Gasteiger partial charge in [0.1, 0.15) is 5.82 Å². The van der Waals surface area contributed by atoms with Crippen LogP contribution in [-0.4, -0.2) is 27.5 Å². The van der Waals surface area contributed by atoms with E-state index in [2.05, 4.69) is 10.3 Å². The van der Waals surface area contributed by atoms with Gasteiger partial charge in [0.15, 0.2) is 0 Å². The maximum atomic E-state index is 10.8. The number of nitrogen functional groups attached to an aromatic ring is 1. The largest absolute Gasteiger partial charge is 0.384 e. The smallest absolute Gasteiger partial charge is 0.311 e. The number of thioether (sulfide) groups is 1. The topological polar surface area (TPSA) is 94.1 Å². The van der Waals surface area contributed by atoms with Crippen LogP contribution in [0.25, 0.3) is 0 Å². The summed E-state index contributed by atoms with van der Waals surface area (Å²) >= 11 is 1.89. The quantitative estimate of drug-likeness (QED) is 0.629. The molecule has 0 spiro atoms. The number of nitrogens with one attached hydrogen (secondary N) is 1. The first-order valence-corrected chi connectivity index (χ1v) is 6.48. The monoisotopic (exact) mass is 254 g/mol. The Hall–Kier alpha value is -1.50. The predicted molar refractivity (Wildman–Crippen MR) is 69.3 cm³/mol. The van der Waals surface area contributed by atoms with Crippen LogP contribution < -0.4 is 11.1 Å². The molecule has 1 aliphatic rings. The van der Waals surface area contributed by atoms with Crippen LogP contribution in [0.3, 0.4) is 0 Å². The number of anilines is 2. The second-order valence-corrected chi connectivity index (χ2v) is 5.29. The lowest BCUT2D eigenvalue weighted by molar-refractivity contribution is -0.384. The Morgan fingerprint density at radius 2 is 2.47 bits per heavy atom. The summed E-state index contributed by atoms with van der Waals surface area (Å²) in [6, 6.07) is 2.82. The highest BCUT2D eigenvalue weighted by Crippen LogP contribution is 2.28. The van der Waals surface area contributed by atoms with E-state index in [1.807, 2.05) is 11.8 Å². The van der Waals surface area contributed by atoms with Crippen LogP contribution in [0.4, 0.5) is 17.3 Å². The lowest BCUT2D eigenvalue weighted by Crippen LogP contribution is -2.15. The number of nitrogens with two attached hydrogens (primary N) is 1. The molecule has 0 radical (unpaired) electrons. The van der Waals surface area contributed by atoms with Crippen molar-refractivity contribution in [3.8, 4) is 0 Å². The number of aromatic nitrogens is 1. The second kappa shape index (κ2) is 5.22. The number of hydrogen-bond donors (Lipinski definition) is 2. The van der Waals surface area contributed by atoms with E-state index in [1.165, 1.54) is 24.3 Å². The van der Waals surface area contributed by atoms with E-state index in [0.29, 0.717) is 11.8 Å². The minimum Gasteiger partial charge on any atom is -0.384 e. The van der Waals surface area contributed by atoms with Crippen molar-refractivity contribution in [2.75, 3.05) is 23.3 Å². The van der Waals surface area contributed by atoms with E-state index in [4.69, 9.17) is 5.73 Å². The molecule has 0 aliphatic carbocycles. The Kier molecular flexibility index (Phi) is 3.68. The first-order chi connectivity index (χ1) is 8.16. The molecule has 1 atom stereocenters.